The van der Waals surface area contributed by atoms with Crippen molar-refractivity contribution >= 4 is 34.5 Å². The van der Waals surface area contributed by atoms with Crippen LogP contribution in [0.4, 0.5) is 5.69 Å². The Labute approximate surface area is 133 Å². The summed E-state index contributed by atoms with van der Waals surface area (Å²) in [4.78, 5) is 18.5. The molecule has 6 heteroatoms. The molecule has 21 heavy (non-hydrogen) atoms. The number of benzene rings is 1. The van der Waals surface area contributed by atoms with E-state index in [2.05, 4.69) is 15.2 Å². The van der Waals surface area contributed by atoms with Crippen molar-refractivity contribution in [2.45, 2.75) is 19.9 Å². The number of carbonyl (C=O) groups excluding carboxylic acids is 1. The summed E-state index contributed by atoms with van der Waals surface area (Å²) in [5.41, 5.74) is 2.49. The van der Waals surface area contributed by atoms with Crippen molar-refractivity contribution in [1.82, 2.24) is 9.88 Å². The zero-order valence-electron chi connectivity index (χ0n) is 12.3. The average molecular weight is 324 g/mol. The van der Waals surface area contributed by atoms with E-state index in [1.54, 1.807) is 17.4 Å². The Kier molecular flexibility index (Phi) is 5.33. The maximum Gasteiger partial charge on any atom is 0.230 e. The molecule has 0 fully saturated rings. The molecule has 2 rings (SSSR count). The van der Waals surface area contributed by atoms with Crippen LogP contribution >= 0.6 is 22.9 Å². The zero-order valence-corrected chi connectivity index (χ0v) is 13.9. The minimum Gasteiger partial charge on any atom is -0.326 e. The van der Waals surface area contributed by atoms with Gasteiger partial charge in [-0.3, -0.25) is 4.79 Å². The van der Waals surface area contributed by atoms with E-state index in [0.29, 0.717) is 10.7 Å². The van der Waals surface area contributed by atoms with Gasteiger partial charge in [-0.1, -0.05) is 17.7 Å². The third kappa shape index (κ3) is 4.81. The molecule has 0 radical (unpaired) electrons. The van der Waals surface area contributed by atoms with Crippen molar-refractivity contribution in [3.8, 4) is 0 Å². The Morgan fingerprint density at radius 3 is 2.86 bits per heavy atom. The quantitative estimate of drug-likeness (QED) is 0.917. The number of nitrogens with one attached hydrogen (secondary N) is 1. The molecule has 0 aliphatic carbocycles. The van der Waals surface area contributed by atoms with Gasteiger partial charge in [0.2, 0.25) is 5.91 Å². The Morgan fingerprint density at radius 1 is 1.43 bits per heavy atom. The molecule has 0 saturated heterocycles. The molecule has 1 N–H and O–H groups in total. The van der Waals surface area contributed by atoms with Crippen LogP contribution in [0.3, 0.4) is 0 Å². The van der Waals surface area contributed by atoms with Gasteiger partial charge in [-0.25, -0.2) is 4.98 Å². The largest absolute Gasteiger partial charge is 0.326 e. The summed E-state index contributed by atoms with van der Waals surface area (Å²) in [6, 6.07) is 5.49. The van der Waals surface area contributed by atoms with Crippen LogP contribution in [0.5, 0.6) is 0 Å². The van der Waals surface area contributed by atoms with Crippen molar-refractivity contribution in [3.05, 3.63) is 44.9 Å². The van der Waals surface area contributed by atoms with Gasteiger partial charge in [0.15, 0.2) is 0 Å². The predicted molar refractivity (Wildman–Crippen MR) is 88.0 cm³/mol. The first-order valence-corrected chi connectivity index (χ1v) is 7.84. The summed E-state index contributed by atoms with van der Waals surface area (Å²) in [5, 5.41) is 6.43. The zero-order chi connectivity index (χ0) is 15.4. The fourth-order valence-corrected chi connectivity index (χ4v) is 2.90. The van der Waals surface area contributed by atoms with E-state index >= 15 is 0 Å². The van der Waals surface area contributed by atoms with Crippen LogP contribution in [0.25, 0.3) is 0 Å². The van der Waals surface area contributed by atoms with Crippen molar-refractivity contribution in [2.75, 3.05) is 19.4 Å². The lowest BCUT2D eigenvalue weighted by molar-refractivity contribution is -0.115. The van der Waals surface area contributed by atoms with E-state index in [-0.39, 0.29) is 12.3 Å². The molecule has 112 valence electrons. The average Bonchev–Trinajstić information content (AvgIpc) is 2.80. The van der Waals surface area contributed by atoms with Crippen LogP contribution < -0.4 is 5.32 Å². The number of thiazole rings is 1. The van der Waals surface area contributed by atoms with E-state index in [0.717, 1.165) is 22.8 Å². The number of hydrogen-bond acceptors (Lipinski definition) is 4. The number of aromatic nitrogens is 1. The fraction of sp³-hybridized carbons (Fsp3) is 0.333. The molecule has 0 unspecified atom stereocenters. The summed E-state index contributed by atoms with van der Waals surface area (Å²) in [6.45, 7) is 2.72. The molecule has 0 bridgehead atoms. The van der Waals surface area contributed by atoms with Crippen LogP contribution in [0.15, 0.2) is 23.6 Å². The van der Waals surface area contributed by atoms with Gasteiger partial charge in [-0.15, -0.1) is 11.3 Å². The molecule has 1 heterocycles. The second-order valence-corrected chi connectivity index (χ2v) is 6.51. The van der Waals surface area contributed by atoms with Crippen LogP contribution in [-0.2, 0) is 17.8 Å². The molecule has 1 aromatic heterocycles. The van der Waals surface area contributed by atoms with E-state index in [4.69, 9.17) is 11.6 Å². The highest BCUT2D eigenvalue weighted by Crippen LogP contribution is 2.20. The first-order valence-electron chi connectivity index (χ1n) is 6.58. The molecular weight excluding hydrogens is 306 g/mol. The highest BCUT2D eigenvalue weighted by Gasteiger charge is 2.09. The molecule has 0 atom stereocenters. The second kappa shape index (κ2) is 7.02. The molecule has 0 saturated carbocycles. The van der Waals surface area contributed by atoms with Crippen LogP contribution in [-0.4, -0.2) is 29.9 Å². The fourth-order valence-electron chi connectivity index (χ4n) is 1.81. The summed E-state index contributed by atoms with van der Waals surface area (Å²) in [5.74, 6) is -0.0865. The molecule has 4 nitrogen and oxygen atoms in total. The third-order valence-corrected chi connectivity index (χ3v) is 4.14. The van der Waals surface area contributed by atoms with E-state index in [9.17, 15) is 4.79 Å². The van der Waals surface area contributed by atoms with Crippen LogP contribution in [0.2, 0.25) is 5.02 Å². The number of hydrogen-bond donors (Lipinski definition) is 1. The van der Waals surface area contributed by atoms with Crippen molar-refractivity contribution in [2.24, 2.45) is 0 Å². The molecule has 1 amide bonds. The maximum atomic E-state index is 12.0. The van der Waals surface area contributed by atoms with Gasteiger partial charge < -0.3 is 10.2 Å². The molecule has 1 aromatic carbocycles. The van der Waals surface area contributed by atoms with Gasteiger partial charge in [-0.05, 0) is 38.7 Å². The summed E-state index contributed by atoms with van der Waals surface area (Å²) < 4.78 is 0. The first-order chi connectivity index (χ1) is 9.94. The Hall–Kier alpha value is -1.43. The topological polar surface area (TPSA) is 45.2 Å². The molecule has 2 aromatic rings. The van der Waals surface area contributed by atoms with Gasteiger partial charge in [0.05, 0.1) is 12.1 Å². The van der Waals surface area contributed by atoms with Crippen molar-refractivity contribution in [3.63, 3.8) is 0 Å². The number of nitrogens with zero attached hydrogens (tertiary/aromatic N) is 2. The number of aryl methyl sites for hydroxylation is 1. The summed E-state index contributed by atoms with van der Waals surface area (Å²) in [7, 11) is 3.99. The summed E-state index contributed by atoms with van der Waals surface area (Å²) >= 11 is 7.62. The number of rotatable bonds is 5. The van der Waals surface area contributed by atoms with Crippen LogP contribution in [0, 0.1) is 6.92 Å². The van der Waals surface area contributed by atoms with Gasteiger partial charge in [0, 0.05) is 22.6 Å². The van der Waals surface area contributed by atoms with Crippen LogP contribution in [0.1, 0.15) is 16.3 Å². The predicted octanol–water partition coefficient (Wildman–Crippen LogP) is 3.35. The highest BCUT2D eigenvalue weighted by atomic mass is 35.5. The Bertz CT molecular complexity index is 640. The third-order valence-electron chi connectivity index (χ3n) is 2.85. The second-order valence-electron chi connectivity index (χ2n) is 5.16. The lowest BCUT2D eigenvalue weighted by Crippen LogP contribution is -2.15. The number of carbonyl (C=O) groups is 1. The SMILES string of the molecule is Cc1ccc(NC(=O)Cc2csc(CN(C)C)n2)cc1Cl. The monoisotopic (exact) mass is 323 g/mol. The van der Waals surface area contributed by atoms with Gasteiger partial charge >= 0.3 is 0 Å². The smallest absolute Gasteiger partial charge is 0.230 e. The molecule has 0 spiro atoms. The molecule has 0 aliphatic rings. The minimum atomic E-state index is -0.0865. The van der Waals surface area contributed by atoms with Gasteiger partial charge in [0.25, 0.3) is 0 Å². The first kappa shape index (κ1) is 15.9. The molecular formula is C15H18ClN3OS. The lowest BCUT2D eigenvalue weighted by Gasteiger charge is -2.06. The highest BCUT2D eigenvalue weighted by molar-refractivity contribution is 7.09. The number of halogens is 1. The van der Waals surface area contributed by atoms with Crippen molar-refractivity contribution < 1.29 is 4.79 Å². The van der Waals surface area contributed by atoms with E-state index < -0.39 is 0 Å². The molecule has 0 aliphatic heterocycles. The summed E-state index contributed by atoms with van der Waals surface area (Å²) in [6.07, 6.45) is 0.273. The number of amides is 1. The Morgan fingerprint density at radius 2 is 2.19 bits per heavy atom. The van der Waals surface area contributed by atoms with E-state index in [1.807, 2.05) is 38.5 Å². The lowest BCUT2D eigenvalue weighted by atomic mass is 10.2. The van der Waals surface area contributed by atoms with E-state index in [1.165, 1.54) is 0 Å². The Balaban J connectivity index is 1.95. The minimum absolute atomic E-state index is 0.0865. The number of anilines is 1. The maximum absolute atomic E-state index is 12.0. The normalized spacial score (nSPS) is 10.9. The van der Waals surface area contributed by atoms with Crippen molar-refractivity contribution in [1.29, 1.82) is 0 Å². The standard InChI is InChI=1S/C15H18ClN3OS/c1-10-4-5-11(6-13(10)16)17-14(20)7-12-9-21-15(18-12)8-19(2)3/h4-6,9H,7-8H2,1-3H3,(H,17,20). The van der Waals surface area contributed by atoms with Gasteiger partial charge in [0.1, 0.15) is 5.01 Å². The van der Waals surface area contributed by atoms with Gasteiger partial charge in [-0.2, -0.15) is 0 Å².